The van der Waals surface area contributed by atoms with Gasteiger partial charge in [0.2, 0.25) is 5.95 Å². The Bertz CT molecular complexity index is 923. The Labute approximate surface area is 162 Å². The third-order valence-corrected chi connectivity index (χ3v) is 5.20. The molecule has 0 radical (unpaired) electrons. The first-order chi connectivity index (χ1) is 13.3. The maximum atomic E-state index is 13.9. The van der Waals surface area contributed by atoms with Crippen LogP contribution in [0.4, 0.5) is 26.4 Å². The third-order valence-electron chi connectivity index (χ3n) is 5.20. The quantitative estimate of drug-likeness (QED) is 0.775. The van der Waals surface area contributed by atoms with Crippen LogP contribution in [0.5, 0.6) is 0 Å². The lowest BCUT2D eigenvalue weighted by atomic mass is 10.2. The van der Waals surface area contributed by atoms with Crippen molar-refractivity contribution in [3.05, 3.63) is 23.5 Å². The van der Waals surface area contributed by atoms with Gasteiger partial charge >= 0.3 is 0 Å². The van der Waals surface area contributed by atoms with E-state index in [0.717, 1.165) is 37.7 Å². The zero-order valence-corrected chi connectivity index (χ0v) is 16.2. The van der Waals surface area contributed by atoms with Gasteiger partial charge in [0.05, 0.1) is 29.3 Å². The summed E-state index contributed by atoms with van der Waals surface area (Å²) >= 11 is 0. The van der Waals surface area contributed by atoms with E-state index in [4.69, 9.17) is 10.4 Å². The molecule has 2 saturated carbocycles. The van der Waals surface area contributed by atoms with Gasteiger partial charge in [-0.2, -0.15) is 15.3 Å². The Hall–Kier alpha value is -2.76. The van der Waals surface area contributed by atoms with E-state index in [1.807, 2.05) is 24.7 Å². The number of nitrogens with one attached hydrogen (secondary N) is 1. The number of aromatic nitrogens is 4. The van der Waals surface area contributed by atoms with Crippen molar-refractivity contribution in [2.75, 3.05) is 23.8 Å². The molecule has 4 rings (SSSR count). The predicted octanol–water partition coefficient (Wildman–Crippen LogP) is 3.95. The lowest BCUT2D eigenvalue weighted by molar-refractivity contribution is 0.0176. The van der Waals surface area contributed by atoms with Crippen LogP contribution in [0.2, 0.25) is 0 Å². The summed E-state index contributed by atoms with van der Waals surface area (Å²) in [6, 6.07) is 4.60. The van der Waals surface area contributed by atoms with E-state index in [2.05, 4.69) is 21.4 Å². The summed E-state index contributed by atoms with van der Waals surface area (Å²) in [5, 5.41) is 16.7. The molecule has 0 saturated heterocycles. The Kier molecular flexibility index (Phi) is 4.44. The summed E-state index contributed by atoms with van der Waals surface area (Å²) in [4.78, 5) is 10.3. The lowest BCUT2D eigenvalue weighted by Crippen LogP contribution is -2.20. The lowest BCUT2D eigenvalue weighted by Gasteiger charge is -2.21. The van der Waals surface area contributed by atoms with Crippen molar-refractivity contribution >= 4 is 17.6 Å². The number of hydrogen-bond acceptors (Lipinski definition) is 6. The van der Waals surface area contributed by atoms with Crippen LogP contribution in [0.3, 0.4) is 0 Å². The second-order valence-corrected chi connectivity index (χ2v) is 7.59. The molecule has 0 amide bonds. The Balaban J connectivity index is 1.68. The number of rotatable bonds is 7. The first-order valence-electron chi connectivity index (χ1n) is 9.55. The van der Waals surface area contributed by atoms with Crippen molar-refractivity contribution in [1.29, 1.82) is 5.26 Å². The Morgan fingerprint density at radius 3 is 2.75 bits per heavy atom. The highest BCUT2D eigenvalue weighted by Gasteiger charge is 2.42. The summed E-state index contributed by atoms with van der Waals surface area (Å²) in [5.74, 6) is -1.55. The molecule has 0 spiro atoms. The van der Waals surface area contributed by atoms with Gasteiger partial charge in [-0.15, -0.1) is 0 Å². The number of nitriles is 1. The Morgan fingerprint density at radius 1 is 1.43 bits per heavy atom. The number of alkyl halides is 2. The Morgan fingerprint density at radius 2 is 2.18 bits per heavy atom. The number of hydrogen-bond donors (Lipinski definition) is 1. The van der Waals surface area contributed by atoms with Crippen molar-refractivity contribution in [1.82, 2.24) is 19.7 Å². The second-order valence-electron chi connectivity index (χ2n) is 7.59. The van der Waals surface area contributed by atoms with Crippen LogP contribution in [0.25, 0.3) is 0 Å². The number of nitrogens with zero attached hydrogens (tertiary/aromatic N) is 6. The summed E-state index contributed by atoms with van der Waals surface area (Å²) in [6.07, 6.45) is 4.13. The number of halogens is 2. The van der Waals surface area contributed by atoms with Gasteiger partial charge < -0.3 is 5.32 Å². The van der Waals surface area contributed by atoms with Crippen LogP contribution in [0.15, 0.2) is 12.3 Å². The molecule has 28 heavy (non-hydrogen) atoms. The zero-order chi connectivity index (χ0) is 20.1. The van der Waals surface area contributed by atoms with Crippen molar-refractivity contribution < 1.29 is 8.78 Å². The maximum absolute atomic E-state index is 13.9. The van der Waals surface area contributed by atoms with Gasteiger partial charge in [-0.25, -0.2) is 18.4 Å². The molecule has 2 heterocycles. The second kappa shape index (κ2) is 6.69. The fourth-order valence-corrected chi connectivity index (χ4v) is 3.35. The summed E-state index contributed by atoms with van der Waals surface area (Å²) in [6.45, 7) is 3.15. The summed E-state index contributed by atoms with van der Waals surface area (Å²) in [7, 11) is 1.81. The average molecular weight is 387 g/mol. The molecule has 2 aromatic heterocycles. The number of anilines is 3. The molecule has 2 aliphatic carbocycles. The van der Waals surface area contributed by atoms with E-state index >= 15 is 0 Å². The predicted molar refractivity (Wildman–Crippen MR) is 101 cm³/mol. The molecule has 9 heteroatoms. The molecular weight excluding hydrogens is 364 g/mol. The molecule has 1 N–H and O–H groups in total. The fraction of sp³-hybridized carbons (Fsp3) is 0.579. The van der Waals surface area contributed by atoms with E-state index in [9.17, 15) is 8.78 Å². The van der Waals surface area contributed by atoms with Crippen LogP contribution in [0, 0.1) is 17.2 Å². The molecule has 0 bridgehead atoms. The molecule has 148 valence electrons. The molecule has 2 aliphatic rings. The monoisotopic (exact) mass is 387 g/mol. The minimum atomic E-state index is -3.03. The van der Waals surface area contributed by atoms with E-state index in [1.54, 1.807) is 4.90 Å². The molecule has 1 unspecified atom stereocenters. The van der Waals surface area contributed by atoms with Crippen LogP contribution in [-0.4, -0.2) is 33.3 Å². The van der Waals surface area contributed by atoms with Gasteiger partial charge in [-0.05, 0) is 26.2 Å². The van der Waals surface area contributed by atoms with Crippen molar-refractivity contribution in [2.24, 2.45) is 5.92 Å². The minimum absolute atomic E-state index is 0.0309. The molecule has 2 fully saturated rings. The zero-order valence-electron chi connectivity index (χ0n) is 16.2. The van der Waals surface area contributed by atoms with Crippen molar-refractivity contribution in [2.45, 2.75) is 51.0 Å². The molecule has 7 nitrogen and oxygen atoms in total. The normalized spacial score (nSPS) is 21.3. The van der Waals surface area contributed by atoms with E-state index in [-0.39, 0.29) is 23.2 Å². The summed E-state index contributed by atoms with van der Waals surface area (Å²) < 4.78 is 29.7. The fourth-order valence-electron chi connectivity index (χ4n) is 3.35. The highest BCUT2D eigenvalue weighted by atomic mass is 19.3. The van der Waals surface area contributed by atoms with Gasteiger partial charge in [0, 0.05) is 38.7 Å². The van der Waals surface area contributed by atoms with Gasteiger partial charge in [0.15, 0.2) is 0 Å². The third kappa shape index (κ3) is 3.39. The highest BCUT2D eigenvalue weighted by Crippen LogP contribution is 2.48. The topological polar surface area (TPSA) is 82.7 Å². The highest BCUT2D eigenvalue weighted by molar-refractivity contribution is 5.57. The van der Waals surface area contributed by atoms with E-state index < -0.39 is 5.92 Å². The van der Waals surface area contributed by atoms with Gasteiger partial charge in [-0.1, -0.05) is 0 Å². The van der Waals surface area contributed by atoms with Gasteiger partial charge in [0.1, 0.15) is 11.6 Å². The molecule has 2 aromatic rings. The minimum Gasteiger partial charge on any atom is -0.370 e. The maximum Gasteiger partial charge on any atom is 0.275 e. The standard InChI is InChI=1S/C19H23F2N7/c1-4-23-17-14(19(2,20)21)10-24-18(25-17)27(3)16-8-15(13-7-11(13)9-22)26-28(16)12-5-6-12/h8,10-13H,4-7H2,1-3H3,(H,23,24,25)/t11?,13-/m0/s1. The molecule has 0 aromatic carbocycles. The largest absolute Gasteiger partial charge is 0.370 e. The average Bonchev–Trinajstić information content (AvgIpc) is 3.58. The molecular formula is C19H23F2N7. The van der Waals surface area contributed by atoms with Crippen LogP contribution in [-0.2, 0) is 5.92 Å². The van der Waals surface area contributed by atoms with Crippen molar-refractivity contribution in [3.63, 3.8) is 0 Å². The van der Waals surface area contributed by atoms with E-state index in [0.29, 0.717) is 18.5 Å². The SMILES string of the molecule is CCNc1nc(N(C)c2cc([C@H]3CC3C#N)nn2C2CC2)ncc1C(C)(F)F. The van der Waals surface area contributed by atoms with Gasteiger partial charge in [0.25, 0.3) is 5.92 Å². The van der Waals surface area contributed by atoms with Crippen LogP contribution >= 0.6 is 0 Å². The molecule has 2 atom stereocenters. The summed E-state index contributed by atoms with van der Waals surface area (Å²) in [5.41, 5.74) is 0.682. The van der Waals surface area contributed by atoms with E-state index in [1.165, 1.54) is 6.20 Å². The van der Waals surface area contributed by atoms with Crippen molar-refractivity contribution in [3.8, 4) is 6.07 Å². The molecule has 0 aliphatic heterocycles. The van der Waals surface area contributed by atoms with Gasteiger partial charge in [-0.3, -0.25) is 4.90 Å². The first-order valence-corrected chi connectivity index (χ1v) is 9.55. The van der Waals surface area contributed by atoms with Crippen LogP contribution in [0.1, 0.15) is 56.3 Å². The van der Waals surface area contributed by atoms with Crippen LogP contribution < -0.4 is 10.2 Å². The first kappa shape index (κ1) is 18.6. The smallest absolute Gasteiger partial charge is 0.275 e.